The van der Waals surface area contributed by atoms with Gasteiger partial charge in [0.05, 0.1) is 22.2 Å². The van der Waals surface area contributed by atoms with Gasteiger partial charge < -0.3 is 20.2 Å². The Morgan fingerprint density at radius 1 is 1.19 bits per heavy atom. The minimum Gasteiger partial charge on any atom is -0.391 e. The van der Waals surface area contributed by atoms with Crippen molar-refractivity contribution in [3.8, 4) is 10.4 Å². The number of nitrogens with one attached hydrogen (secondary N) is 1. The van der Waals surface area contributed by atoms with E-state index in [0.717, 1.165) is 28.1 Å². The Hall–Kier alpha value is -2.78. The van der Waals surface area contributed by atoms with Gasteiger partial charge in [0.25, 0.3) is 0 Å². The quantitative estimate of drug-likeness (QED) is 0.713. The molecule has 8 nitrogen and oxygen atoms in total. The van der Waals surface area contributed by atoms with Crippen molar-refractivity contribution in [1.82, 2.24) is 20.1 Å². The molecular weight excluding hydrogens is 428 g/mol. The van der Waals surface area contributed by atoms with E-state index < -0.39 is 18.2 Å². The highest BCUT2D eigenvalue weighted by Crippen LogP contribution is 2.28. The van der Waals surface area contributed by atoms with Crippen LogP contribution in [-0.2, 0) is 20.9 Å². The minimum absolute atomic E-state index is 0.113. The average Bonchev–Trinajstić information content (AvgIpc) is 3.51. The monoisotopic (exact) mass is 456 g/mol. The molecule has 0 unspecified atom stereocenters. The fraction of sp³-hybridized carbons (Fsp3) is 0.478. The minimum atomic E-state index is -0.746. The number of aliphatic hydroxyl groups is 1. The van der Waals surface area contributed by atoms with E-state index in [1.165, 1.54) is 11.8 Å². The number of thiazole rings is 1. The highest BCUT2D eigenvalue weighted by molar-refractivity contribution is 7.13. The van der Waals surface area contributed by atoms with Crippen molar-refractivity contribution in [1.29, 1.82) is 0 Å². The number of aliphatic hydroxyl groups excluding tert-OH is 1. The first-order chi connectivity index (χ1) is 15.3. The fourth-order valence-electron chi connectivity index (χ4n) is 4.56. The third kappa shape index (κ3) is 4.54. The zero-order chi connectivity index (χ0) is 22.8. The third-order valence-electron chi connectivity index (χ3n) is 6.24. The summed E-state index contributed by atoms with van der Waals surface area (Å²) in [5.74, 6) is -0.679. The van der Waals surface area contributed by atoms with Crippen molar-refractivity contribution in [2.24, 2.45) is 0 Å². The predicted molar refractivity (Wildman–Crippen MR) is 121 cm³/mol. The summed E-state index contributed by atoms with van der Waals surface area (Å²) < 4.78 is 0. The van der Waals surface area contributed by atoms with Crippen LogP contribution in [0.5, 0.6) is 0 Å². The molecule has 2 aliphatic rings. The Balaban J connectivity index is 1.39. The second-order valence-electron chi connectivity index (χ2n) is 8.45. The van der Waals surface area contributed by atoms with Crippen molar-refractivity contribution in [3.63, 3.8) is 0 Å². The van der Waals surface area contributed by atoms with Crippen molar-refractivity contribution >= 4 is 29.1 Å². The van der Waals surface area contributed by atoms with E-state index in [9.17, 15) is 19.5 Å². The van der Waals surface area contributed by atoms with Gasteiger partial charge in [-0.25, -0.2) is 4.98 Å². The van der Waals surface area contributed by atoms with Gasteiger partial charge in [0.1, 0.15) is 12.1 Å². The predicted octanol–water partition coefficient (Wildman–Crippen LogP) is 1.71. The Labute approximate surface area is 191 Å². The Morgan fingerprint density at radius 2 is 1.94 bits per heavy atom. The molecule has 2 fully saturated rings. The molecule has 0 bridgehead atoms. The van der Waals surface area contributed by atoms with Gasteiger partial charge in [0.15, 0.2) is 0 Å². The number of nitrogens with zero attached hydrogens (tertiary/aromatic N) is 3. The molecule has 0 saturated carbocycles. The summed E-state index contributed by atoms with van der Waals surface area (Å²) in [4.78, 5) is 46.3. The maximum atomic E-state index is 13.1. The summed E-state index contributed by atoms with van der Waals surface area (Å²) in [5, 5.41) is 13.1. The van der Waals surface area contributed by atoms with E-state index >= 15 is 0 Å². The number of hydrogen-bond donors (Lipinski definition) is 2. The molecule has 3 heterocycles. The van der Waals surface area contributed by atoms with Gasteiger partial charge in [-0.2, -0.15) is 0 Å². The maximum Gasteiger partial charge on any atom is 0.246 e. The second-order valence-corrected chi connectivity index (χ2v) is 9.30. The summed E-state index contributed by atoms with van der Waals surface area (Å²) in [6.45, 7) is 4.43. The number of hydrogen-bond acceptors (Lipinski definition) is 6. The lowest BCUT2D eigenvalue weighted by atomic mass is 10.1. The molecule has 1 aromatic carbocycles. The molecule has 2 aromatic rings. The molecule has 0 aliphatic carbocycles. The van der Waals surface area contributed by atoms with Crippen LogP contribution in [0.25, 0.3) is 10.4 Å². The van der Waals surface area contributed by atoms with Crippen LogP contribution in [0.2, 0.25) is 0 Å². The second kappa shape index (κ2) is 9.38. The van der Waals surface area contributed by atoms with Gasteiger partial charge in [0, 0.05) is 33.0 Å². The number of carbonyl (C=O) groups excluding carboxylic acids is 3. The summed E-state index contributed by atoms with van der Waals surface area (Å²) in [6, 6.07) is 6.66. The first-order valence-corrected chi connectivity index (χ1v) is 11.8. The van der Waals surface area contributed by atoms with Crippen LogP contribution in [-0.4, -0.2) is 68.9 Å². The molecule has 170 valence electrons. The Kier molecular flexibility index (Phi) is 6.57. The number of benzene rings is 1. The van der Waals surface area contributed by atoms with Crippen LogP contribution < -0.4 is 5.32 Å². The topological polar surface area (TPSA) is 103 Å². The number of likely N-dealkylation sites (tertiary alicyclic amines) is 2. The van der Waals surface area contributed by atoms with Gasteiger partial charge in [0.2, 0.25) is 17.7 Å². The van der Waals surface area contributed by atoms with Gasteiger partial charge in [-0.05, 0) is 30.9 Å². The molecule has 1 aromatic heterocycles. The molecule has 32 heavy (non-hydrogen) atoms. The van der Waals surface area contributed by atoms with Gasteiger partial charge in [-0.15, -0.1) is 11.3 Å². The molecule has 3 amide bonds. The Morgan fingerprint density at radius 3 is 2.59 bits per heavy atom. The lowest BCUT2D eigenvalue weighted by molar-refractivity contribution is -0.146. The lowest BCUT2D eigenvalue weighted by Crippen LogP contribution is -2.52. The van der Waals surface area contributed by atoms with E-state index in [2.05, 4.69) is 10.3 Å². The smallest absolute Gasteiger partial charge is 0.246 e. The van der Waals surface area contributed by atoms with Crippen LogP contribution >= 0.6 is 11.3 Å². The van der Waals surface area contributed by atoms with Gasteiger partial charge >= 0.3 is 0 Å². The molecule has 2 N–H and O–H groups in total. The highest BCUT2D eigenvalue weighted by atomic mass is 32.1. The SMILES string of the molecule is CC(=O)N1CCC[C@H]1C(=O)N1C[C@H](O)C[C@H]1C(=O)NCc1ccc(-c2scnc2C)cc1. The van der Waals surface area contributed by atoms with E-state index in [4.69, 9.17) is 0 Å². The molecular formula is C23H28N4O4S. The molecule has 2 aliphatic heterocycles. The highest BCUT2D eigenvalue weighted by Gasteiger charge is 2.44. The number of amides is 3. The standard InChI is InChI=1S/C23H28N4O4S/c1-14-21(32-13-25-14)17-7-5-16(6-8-17)11-24-22(30)20-10-18(29)12-27(20)23(31)19-4-3-9-26(19)15(2)28/h5-8,13,18-20,29H,3-4,9-12H2,1-2H3,(H,24,30)/t18-,19+,20+/m1/s1. The number of rotatable bonds is 5. The van der Waals surface area contributed by atoms with E-state index in [1.54, 1.807) is 16.2 Å². The molecule has 2 saturated heterocycles. The molecule has 0 spiro atoms. The lowest BCUT2D eigenvalue weighted by Gasteiger charge is -2.30. The van der Waals surface area contributed by atoms with E-state index in [1.807, 2.05) is 36.7 Å². The largest absolute Gasteiger partial charge is 0.391 e. The number of aryl methyl sites for hydroxylation is 1. The number of β-amino-alcohol motifs (C(OH)–C–C–N with tert-alkyl or cyclic N) is 1. The van der Waals surface area contributed by atoms with E-state index in [0.29, 0.717) is 19.5 Å². The summed E-state index contributed by atoms with van der Waals surface area (Å²) in [7, 11) is 0. The van der Waals surface area contributed by atoms with Crippen LogP contribution in [0.3, 0.4) is 0 Å². The Bertz CT molecular complexity index is 1010. The molecule has 3 atom stereocenters. The van der Waals surface area contributed by atoms with Crippen LogP contribution in [0.4, 0.5) is 0 Å². The van der Waals surface area contributed by atoms with Crippen molar-refractivity contribution in [2.45, 2.75) is 57.8 Å². The molecule has 9 heteroatoms. The van der Waals surface area contributed by atoms with Crippen molar-refractivity contribution < 1.29 is 19.5 Å². The van der Waals surface area contributed by atoms with Gasteiger partial charge in [-0.3, -0.25) is 14.4 Å². The fourth-order valence-corrected chi connectivity index (χ4v) is 5.37. The summed E-state index contributed by atoms with van der Waals surface area (Å²) >= 11 is 1.59. The van der Waals surface area contributed by atoms with Crippen LogP contribution in [0, 0.1) is 6.92 Å². The first kappa shape index (κ1) is 22.4. The van der Waals surface area contributed by atoms with Crippen LogP contribution in [0.1, 0.15) is 37.4 Å². The van der Waals surface area contributed by atoms with Crippen molar-refractivity contribution in [2.75, 3.05) is 13.1 Å². The zero-order valence-electron chi connectivity index (χ0n) is 18.3. The normalized spacial score (nSPS) is 22.9. The number of carbonyl (C=O) groups is 3. The average molecular weight is 457 g/mol. The van der Waals surface area contributed by atoms with Crippen molar-refractivity contribution in [3.05, 3.63) is 41.0 Å². The summed E-state index contributed by atoms with van der Waals surface area (Å²) in [5.41, 5.74) is 4.84. The first-order valence-electron chi connectivity index (χ1n) is 10.9. The number of aromatic nitrogens is 1. The molecule has 4 rings (SSSR count). The van der Waals surface area contributed by atoms with E-state index in [-0.39, 0.29) is 30.7 Å². The van der Waals surface area contributed by atoms with Gasteiger partial charge in [-0.1, -0.05) is 24.3 Å². The maximum absolute atomic E-state index is 13.1. The summed E-state index contributed by atoms with van der Waals surface area (Å²) in [6.07, 6.45) is 0.808. The third-order valence-corrected chi connectivity index (χ3v) is 7.21. The molecule has 0 radical (unpaired) electrons. The van der Waals surface area contributed by atoms with Crippen LogP contribution in [0.15, 0.2) is 29.8 Å². The zero-order valence-corrected chi connectivity index (χ0v) is 19.1.